The first-order chi connectivity index (χ1) is 13.8. The molecule has 0 atom stereocenters. The second-order valence-electron chi connectivity index (χ2n) is 6.68. The molecule has 1 aromatic heterocycles. The normalized spacial score (nSPS) is 15.7. The van der Waals surface area contributed by atoms with Crippen LogP contribution in [0.25, 0.3) is 6.08 Å². The Hall–Kier alpha value is -2.97. The van der Waals surface area contributed by atoms with Crippen molar-refractivity contribution in [2.75, 3.05) is 27.3 Å². The van der Waals surface area contributed by atoms with E-state index in [1.165, 1.54) is 17.0 Å². The summed E-state index contributed by atoms with van der Waals surface area (Å²) >= 11 is 0. The molecule has 0 unspecified atom stereocenters. The van der Waals surface area contributed by atoms with Gasteiger partial charge in [-0.15, -0.1) is 0 Å². The fraction of sp³-hybridized carbons (Fsp3) is 0.400. The molecule has 1 fully saturated rings. The molecular formula is C20H22F3N3O3. The standard InChI is InChI=1S/C20H22F3N3O3/c1-28-16-4-5-17(29-2)14(13-16)3-6-19(27)25-10-7-15(8-11-25)26-12-9-18(24-26)20(21,22)23/h3-6,9,12-13,15H,7-8,10-11H2,1-2H3. The topological polar surface area (TPSA) is 56.6 Å². The number of benzene rings is 1. The molecular weight excluding hydrogens is 387 g/mol. The molecule has 156 valence electrons. The Kier molecular flexibility index (Phi) is 6.14. The molecule has 1 aromatic carbocycles. The van der Waals surface area contributed by atoms with E-state index in [4.69, 9.17) is 9.47 Å². The average Bonchev–Trinajstić information content (AvgIpc) is 3.22. The van der Waals surface area contributed by atoms with Crippen molar-refractivity contribution >= 4 is 12.0 Å². The first-order valence-electron chi connectivity index (χ1n) is 9.13. The van der Waals surface area contributed by atoms with Gasteiger partial charge in [0.1, 0.15) is 11.5 Å². The summed E-state index contributed by atoms with van der Waals surface area (Å²) in [4.78, 5) is 14.2. The minimum atomic E-state index is -4.45. The van der Waals surface area contributed by atoms with Crippen LogP contribution < -0.4 is 9.47 Å². The summed E-state index contributed by atoms with van der Waals surface area (Å²) < 4.78 is 50.0. The minimum Gasteiger partial charge on any atom is -0.497 e. The van der Waals surface area contributed by atoms with Gasteiger partial charge in [-0.1, -0.05) is 0 Å². The van der Waals surface area contributed by atoms with Crippen molar-refractivity contribution < 1.29 is 27.4 Å². The van der Waals surface area contributed by atoms with Gasteiger partial charge >= 0.3 is 6.18 Å². The maximum absolute atomic E-state index is 12.7. The van der Waals surface area contributed by atoms with Crippen LogP contribution in [0, 0.1) is 0 Å². The van der Waals surface area contributed by atoms with Gasteiger partial charge < -0.3 is 14.4 Å². The van der Waals surface area contributed by atoms with Gasteiger partial charge in [0.25, 0.3) is 0 Å². The molecule has 0 spiro atoms. The number of likely N-dealkylation sites (tertiary alicyclic amines) is 1. The molecule has 1 saturated heterocycles. The van der Waals surface area contributed by atoms with E-state index in [1.54, 1.807) is 43.4 Å². The molecule has 0 aliphatic carbocycles. The third-order valence-electron chi connectivity index (χ3n) is 4.89. The van der Waals surface area contributed by atoms with Crippen molar-refractivity contribution in [3.05, 3.63) is 47.8 Å². The number of hydrogen-bond acceptors (Lipinski definition) is 4. The highest BCUT2D eigenvalue weighted by molar-refractivity contribution is 5.92. The van der Waals surface area contributed by atoms with Gasteiger partial charge in [0.05, 0.1) is 20.3 Å². The molecule has 1 amide bonds. The van der Waals surface area contributed by atoms with E-state index in [1.807, 2.05) is 0 Å². The van der Waals surface area contributed by atoms with Crippen LogP contribution in [0.5, 0.6) is 11.5 Å². The minimum absolute atomic E-state index is 0.155. The number of halogens is 3. The van der Waals surface area contributed by atoms with Crippen molar-refractivity contribution in [1.29, 1.82) is 0 Å². The van der Waals surface area contributed by atoms with Gasteiger partial charge in [-0.25, -0.2) is 0 Å². The van der Waals surface area contributed by atoms with Gasteiger partial charge in [0.15, 0.2) is 5.69 Å². The molecule has 0 radical (unpaired) electrons. The lowest BCUT2D eigenvalue weighted by Crippen LogP contribution is -2.38. The van der Waals surface area contributed by atoms with Crippen LogP contribution in [-0.4, -0.2) is 47.9 Å². The lowest BCUT2D eigenvalue weighted by Gasteiger charge is -2.31. The Morgan fingerprint density at radius 2 is 1.90 bits per heavy atom. The Morgan fingerprint density at radius 1 is 1.17 bits per heavy atom. The summed E-state index contributed by atoms with van der Waals surface area (Å²) in [5, 5.41) is 3.63. The number of hydrogen-bond donors (Lipinski definition) is 0. The highest BCUT2D eigenvalue weighted by Crippen LogP contribution is 2.30. The van der Waals surface area contributed by atoms with Crippen molar-refractivity contribution in [2.24, 2.45) is 0 Å². The molecule has 1 aliphatic heterocycles. The number of aromatic nitrogens is 2. The van der Waals surface area contributed by atoms with Crippen molar-refractivity contribution in [3.63, 3.8) is 0 Å². The SMILES string of the molecule is COc1ccc(OC)c(C=CC(=O)N2CCC(n3ccc(C(F)(F)F)n3)CC2)c1. The van der Waals surface area contributed by atoms with Crippen LogP contribution in [0.2, 0.25) is 0 Å². The molecule has 3 rings (SSSR count). The van der Waals surface area contributed by atoms with E-state index in [9.17, 15) is 18.0 Å². The predicted octanol–water partition coefficient (Wildman–Crippen LogP) is 3.80. The lowest BCUT2D eigenvalue weighted by atomic mass is 10.1. The summed E-state index contributed by atoms with van der Waals surface area (Å²) in [6, 6.07) is 6.11. The Bertz CT molecular complexity index is 885. The van der Waals surface area contributed by atoms with Gasteiger partial charge in [-0.05, 0) is 43.2 Å². The fourth-order valence-corrected chi connectivity index (χ4v) is 3.28. The zero-order valence-electron chi connectivity index (χ0n) is 16.1. The van der Waals surface area contributed by atoms with E-state index < -0.39 is 11.9 Å². The third kappa shape index (κ3) is 4.90. The van der Waals surface area contributed by atoms with E-state index in [0.29, 0.717) is 43.0 Å². The van der Waals surface area contributed by atoms with Crippen molar-refractivity contribution in [3.8, 4) is 11.5 Å². The summed E-state index contributed by atoms with van der Waals surface area (Å²) in [6.45, 7) is 0.897. The van der Waals surface area contributed by atoms with Crippen molar-refractivity contribution in [1.82, 2.24) is 14.7 Å². The van der Waals surface area contributed by atoms with Crippen LogP contribution in [0.4, 0.5) is 13.2 Å². The molecule has 1 aliphatic rings. The number of nitrogens with zero attached hydrogens (tertiary/aromatic N) is 3. The van der Waals surface area contributed by atoms with Gasteiger partial charge in [-0.3, -0.25) is 9.48 Å². The molecule has 2 heterocycles. The Balaban J connectivity index is 1.60. The number of carbonyl (C=O) groups excluding carboxylic acids is 1. The second-order valence-corrected chi connectivity index (χ2v) is 6.68. The van der Waals surface area contributed by atoms with Crippen LogP contribution in [0.3, 0.4) is 0 Å². The number of alkyl halides is 3. The van der Waals surface area contributed by atoms with Crippen LogP contribution in [-0.2, 0) is 11.0 Å². The van der Waals surface area contributed by atoms with Crippen molar-refractivity contribution in [2.45, 2.75) is 25.1 Å². The third-order valence-corrected chi connectivity index (χ3v) is 4.89. The highest BCUT2D eigenvalue weighted by Gasteiger charge is 2.34. The summed E-state index contributed by atoms with van der Waals surface area (Å²) in [5.74, 6) is 1.11. The summed E-state index contributed by atoms with van der Waals surface area (Å²) in [5.41, 5.74) is -0.183. The second kappa shape index (κ2) is 8.59. The number of piperidine rings is 1. The van der Waals surface area contributed by atoms with E-state index >= 15 is 0 Å². The van der Waals surface area contributed by atoms with Gasteiger partial charge in [0, 0.05) is 30.9 Å². The lowest BCUT2D eigenvalue weighted by molar-refractivity contribution is -0.141. The maximum Gasteiger partial charge on any atom is 0.435 e. The first kappa shape index (κ1) is 20.8. The summed E-state index contributed by atoms with van der Waals surface area (Å²) in [6.07, 6.45) is 1.11. The van der Waals surface area contributed by atoms with Crippen LogP contribution >= 0.6 is 0 Å². The predicted molar refractivity (Wildman–Crippen MR) is 101 cm³/mol. The molecule has 2 aromatic rings. The van der Waals surface area contributed by atoms with Crippen LogP contribution in [0.15, 0.2) is 36.5 Å². The monoisotopic (exact) mass is 409 g/mol. The van der Waals surface area contributed by atoms with E-state index in [2.05, 4.69) is 5.10 Å². The summed E-state index contributed by atoms with van der Waals surface area (Å²) in [7, 11) is 3.10. The largest absolute Gasteiger partial charge is 0.497 e. The van der Waals surface area contributed by atoms with Gasteiger partial charge in [-0.2, -0.15) is 18.3 Å². The molecule has 0 bridgehead atoms. The number of carbonyl (C=O) groups is 1. The van der Waals surface area contributed by atoms with E-state index in [0.717, 1.165) is 6.07 Å². The number of amides is 1. The number of methoxy groups -OCH3 is 2. The number of ether oxygens (including phenoxy) is 2. The molecule has 6 nitrogen and oxygen atoms in total. The Labute approximate surface area is 166 Å². The highest BCUT2D eigenvalue weighted by atomic mass is 19.4. The van der Waals surface area contributed by atoms with Gasteiger partial charge in [0.2, 0.25) is 5.91 Å². The zero-order valence-corrected chi connectivity index (χ0v) is 16.1. The molecule has 0 saturated carbocycles. The van der Waals surface area contributed by atoms with E-state index in [-0.39, 0.29) is 11.9 Å². The average molecular weight is 409 g/mol. The zero-order chi connectivity index (χ0) is 21.0. The number of rotatable bonds is 5. The fourth-order valence-electron chi connectivity index (χ4n) is 3.28. The van der Waals surface area contributed by atoms with Crippen LogP contribution in [0.1, 0.15) is 30.1 Å². The molecule has 0 N–H and O–H groups in total. The molecule has 29 heavy (non-hydrogen) atoms. The molecule has 9 heteroatoms. The maximum atomic E-state index is 12.7. The quantitative estimate of drug-likeness (QED) is 0.705. The smallest absolute Gasteiger partial charge is 0.435 e. The Morgan fingerprint density at radius 3 is 2.48 bits per heavy atom. The first-order valence-corrected chi connectivity index (χ1v) is 9.13.